The smallest absolute Gasteiger partial charge is 0.244 e. The number of sulfonamides is 1. The molecule has 0 aliphatic heterocycles. The average Bonchev–Trinajstić information content (AvgIpc) is 2.85. The van der Waals surface area contributed by atoms with Crippen LogP contribution < -0.4 is 9.46 Å². The number of nitrogens with one attached hydrogen (secondary N) is 1. The maximum atomic E-state index is 12.5. The lowest BCUT2D eigenvalue weighted by atomic mass is 10.1. The van der Waals surface area contributed by atoms with Gasteiger partial charge in [0.2, 0.25) is 10.0 Å². The fourth-order valence-electron chi connectivity index (χ4n) is 2.38. The lowest BCUT2D eigenvalue weighted by molar-refractivity contribution is 0.401. The second-order valence-electron chi connectivity index (χ2n) is 4.69. The third-order valence-corrected chi connectivity index (χ3v) is 5.41. The first-order valence-corrected chi connectivity index (χ1v) is 8.51. The van der Waals surface area contributed by atoms with Gasteiger partial charge in [0.1, 0.15) is 10.6 Å². The minimum absolute atomic E-state index is 0.0814. The van der Waals surface area contributed by atoms with Crippen LogP contribution in [0.1, 0.15) is 19.3 Å². The van der Waals surface area contributed by atoms with Crippen molar-refractivity contribution in [1.82, 2.24) is 4.72 Å². The van der Waals surface area contributed by atoms with Crippen LogP contribution in [0.25, 0.3) is 0 Å². The number of ether oxygens (including phenoxy) is 1. The lowest BCUT2D eigenvalue weighted by Crippen LogP contribution is -2.37. The van der Waals surface area contributed by atoms with Gasteiger partial charge < -0.3 is 4.74 Å². The van der Waals surface area contributed by atoms with Gasteiger partial charge in [-0.25, -0.2) is 13.1 Å². The Morgan fingerprint density at radius 2 is 2.20 bits per heavy atom. The number of nitrogens with zero attached hydrogens (tertiary/aromatic N) is 1. The molecular weight excluding hydrogens is 344 g/mol. The predicted molar refractivity (Wildman–Crippen MR) is 77.8 cm³/mol. The molecule has 0 bridgehead atoms. The molecule has 1 aromatic carbocycles. The summed E-state index contributed by atoms with van der Waals surface area (Å²) in [6, 6.07) is 6.64. The summed E-state index contributed by atoms with van der Waals surface area (Å²) in [7, 11) is -2.28. The van der Waals surface area contributed by atoms with E-state index in [1.54, 1.807) is 12.1 Å². The molecule has 1 aliphatic carbocycles. The predicted octanol–water partition coefficient (Wildman–Crippen LogP) is 2.43. The summed E-state index contributed by atoms with van der Waals surface area (Å²) in [6.07, 6.45) is 2.29. The molecule has 108 valence electrons. The van der Waals surface area contributed by atoms with Crippen molar-refractivity contribution in [2.75, 3.05) is 7.11 Å². The Bertz CT molecular complexity index is 640. The Labute approximate surface area is 127 Å². The Morgan fingerprint density at radius 3 is 2.85 bits per heavy atom. The van der Waals surface area contributed by atoms with E-state index in [1.807, 2.05) is 0 Å². The maximum Gasteiger partial charge on any atom is 0.244 e. The van der Waals surface area contributed by atoms with Crippen molar-refractivity contribution < 1.29 is 13.2 Å². The third-order valence-electron chi connectivity index (χ3n) is 3.40. The van der Waals surface area contributed by atoms with Crippen LogP contribution in [0.3, 0.4) is 0 Å². The van der Waals surface area contributed by atoms with E-state index in [-0.39, 0.29) is 22.6 Å². The number of hydrogen-bond acceptors (Lipinski definition) is 4. The molecule has 0 amide bonds. The average molecular weight is 359 g/mol. The molecule has 0 spiro atoms. The minimum atomic E-state index is -3.71. The topological polar surface area (TPSA) is 79.2 Å². The first-order chi connectivity index (χ1) is 9.47. The van der Waals surface area contributed by atoms with Crippen LogP contribution >= 0.6 is 15.9 Å². The van der Waals surface area contributed by atoms with Crippen LogP contribution in [0, 0.1) is 17.2 Å². The Balaban J connectivity index is 2.31. The van der Waals surface area contributed by atoms with E-state index < -0.39 is 10.0 Å². The number of methoxy groups -OCH3 is 1. The second-order valence-corrected chi connectivity index (χ2v) is 7.29. The highest BCUT2D eigenvalue weighted by atomic mass is 79.9. The molecule has 20 heavy (non-hydrogen) atoms. The van der Waals surface area contributed by atoms with E-state index in [9.17, 15) is 8.42 Å². The van der Waals surface area contributed by atoms with Crippen LogP contribution in [0.5, 0.6) is 5.75 Å². The number of nitriles is 1. The summed E-state index contributed by atoms with van der Waals surface area (Å²) in [6.45, 7) is 0. The summed E-state index contributed by atoms with van der Waals surface area (Å²) in [4.78, 5) is 0.0814. The molecule has 2 rings (SSSR count). The third kappa shape index (κ3) is 3.14. The standard InChI is InChI=1S/C13H15BrN2O3S/c1-19-12-6-5-10(14)7-13(12)20(17,18)16-11-4-2-3-9(11)8-15/h5-7,9,11,16H,2-4H2,1H3. The van der Waals surface area contributed by atoms with Gasteiger partial charge in [-0.05, 0) is 31.0 Å². The van der Waals surface area contributed by atoms with Crippen LogP contribution in [-0.4, -0.2) is 21.6 Å². The highest BCUT2D eigenvalue weighted by Crippen LogP contribution is 2.30. The van der Waals surface area contributed by atoms with E-state index in [1.165, 1.54) is 13.2 Å². The molecule has 0 heterocycles. The van der Waals surface area contributed by atoms with Crippen molar-refractivity contribution in [2.24, 2.45) is 5.92 Å². The molecule has 0 saturated heterocycles. The Morgan fingerprint density at radius 1 is 1.45 bits per heavy atom. The second kappa shape index (κ2) is 6.12. The van der Waals surface area contributed by atoms with E-state index in [0.717, 1.165) is 12.8 Å². The molecular formula is C13H15BrN2O3S. The summed E-state index contributed by atoms with van der Waals surface area (Å²) in [5, 5.41) is 9.03. The van der Waals surface area contributed by atoms with Crippen molar-refractivity contribution in [2.45, 2.75) is 30.2 Å². The fourth-order valence-corrected chi connectivity index (χ4v) is 4.40. The SMILES string of the molecule is COc1ccc(Br)cc1S(=O)(=O)NC1CCCC1C#N. The zero-order valence-corrected chi connectivity index (χ0v) is 13.4. The van der Waals surface area contributed by atoms with Crippen LogP contribution in [0.4, 0.5) is 0 Å². The zero-order chi connectivity index (χ0) is 14.8. The van der Waals surface area contributed by atoms with Gasteiger partial charge in [0.05, 0.1) is 19.1 Å². The molecule has 2 unspecified atom stereocenters. The molecule has 5 nitrogen and oxygen atoms in total. The van der Waals surface area contributed by atoms with Crippen LogP contribution in [0.2, 0.25) is 0 Å². The van der Waals surface area contributed by atoms with Crippen molar-refractivity contribution in [3.63, 3.8) is 0 Å². The Kier molecular flexibility index (Phi) is 4.68. The summed E-state index contributed by atoms with van der Waals surface area (Å²) < 4.78 is 33.3. The van der Waals surface area contributed by atoms with E-state index >= 15 is 0 Å². The highest BCUT2D eigenvalue weighted by Gasteiger charge is 2.32. The van der Waals surface area contributed by atoms with E-state index in [2.05, 4.69) is 26.7 Å². The number of rotatable bonds is 4. The summed E-state index contributed by atoms with van der Waals surface area (Å²) in [5.74, 6) is 0.0233. The van der Waals surface area contributed by atoms with Gasteiger partial charge in [-0.3, -0.25) is 0 Å². The molecule has 1 aliphatic rings. The van der Waals surface area contributed by atoms with Crippen molar-refractivity contribution in [1.29, 1.82) is 5.26 Å². The Hall–Kier alpha value is -1.10. The van der Waals surface area contributed by atoms with Crippen molar-refractivity contribution in [3.05, 3.63) is 22.7 Å². The molecule has 1 fully saturated rings. The largest absolute Gasteiger partial charge is 0.495 e. The summed E-state index contributed by atoms with van der Waals surface area (Å²) in [5.41, 5.74) is 0. The lowest BCUT2D eigenvalue weighted by Gasteiger charge is -2.17. The van der Waals surface area contributed by atoms with Crippen LogP contribution in [-0.2, 0) is 10.0 Å². The van der Waals surface area contributed by atoms with Gasteiger partial charge in [-0.1, -0.05) is 22.4 Å². The van der Waals surface area contributed by atoms with Gasteiger partial charge in [0.15, 0.2) is 0 Å². The minimum Gasteiger partial charge on any atom is -0.495 e. The van der Waals surface area contributed by atoms with Gasteiger partial charge in [0.25, 0.3) is 0 Å². The summed E-state index contributed by atoms with van der Waals surface area (Å²) >= 11 is 3.26. The molecule has 7 heteroatoms. The first kappa shape index (κ1) is 15.3. The molecule has 0 aromatic heterocycles. The monoisotopic (exact) mass is 358 g/mol. The highest BCUT2D eigenvalue weighted by molar-refractivity contribution is 9.10. The van der Waals surface area contributed by atoms with Gasteiger partial charge >= 0.3 is 0 Å². The quantitative estimate of drug-likeness (QED) is 0.896. The zero-order valence-electron chi connectivity index (χ0n) is 11.0. The molecule has 1 aromatic rings. The van der Waals surface area contributed by atoms with Crippen molar-refractivity contribution in [3.8, 4) is 11.8 Å². The number of hydrogen-bond donors (Lipinski definition) is 1. The van der Waals surface area contributed by atoms with E-state index in [0.29, 0.717) is 10.9 Å². The fraction of sp³-hybridized carbons (Fsp3) is 0.462. The number of halogens is 1. The van der Waals surface area contributed by atoms with E-state index in [4.69, 9.17) is 10.00 Å². The first-order valence-electron chi connectivity index (χ1n) is 6.23. The maximum absolute atomic E-state index is 12.5. The van der Waals surface area contributed by atoms with Crippen molar-refractivity contribution >= 4 is 26.0 Å². The molecule has 1 N–H and O–H groups in total. The van der Waals surface area contributed by atoms with Gasteiger partial charge in [-0.2, -0.15) is 5.26 Å². The van der Waals surface area contributed by atoms with Gasteiger partial charge in [0, 0.05) is 10.5 Å². The molecule has 1 saturated carbocycles. The molecule has 0 radical (unpaired) electrons. The molecule has 2 atom stereocenters. The normalized spacial score (nSPS) is 22.4. The van der Waals surface area contributed by atoms with Crippen LogP contribution in [0.15, 0.2) is 27.6 Å². The number of benzene rings is 1. The van der Waals surface area contributed by atoms with Gasteiger partial charge in [-0.15, -0.1) is 0 Å².